The second-order valence-electron chi connectivity index (χ2n) is 6.19. The highest BCUT2D eigenvalue weighted by Gasteiger charge is 2.31. The average molecular weight is 425 g/mol. The molecule has 0 heterocycles. The summed E-state index contributed by atoms with van der Waals surface area (Å²) >= 11 is 14.6. The number of thioether (sulfide) groups is 2. The van der Waals surface area contributed by atoms with Gasteiger partial charge in [0.25, 0.3) is 0 Å². The van der Waals surface area contributed by atoms with E-state index in [0.717, 1.165) is 25.7 Å². The monoisotopic (exact) mass is 424 g/mol. The summed E-state index contributed by atoms with van der Waals surface area (Å²) in [5, 5.41) is 1.40. The Kier molecular flexibility index (Phi) is 7.10. The maximum Gasteiger partial charge on any atom is 0.219 e. The molecule has 26 heavy (non-hydrogen) atoms. The molecule has 2 unspecified atom stereocenters. The van der Waals surface area contributed by atoms with E-state index in [1.807, 2.05) is 0 Å². The molecule has 2 aromatic rings. The number of carbonyl (C=O) groups is 2. The lowest BCUT2D eigenvalue weighted by molar-refractivity contribution is 0.107. The van der Waals surface area contributed by atoms with Crippen LogP contribution in [0.15, 0.2) is 48.5 Å². The van der Waals surface area contributed by atoms with E-state index < -0.39 is 0 Å². The van der Waals surface area contributed by atoms with Gasteiger partial charge in [0.2, 0.25) is 10.2 Å². The number of benzene rings is 2. The van der Waals surface area contributed by atoms with Crippen LogP contribution >= 0.6 is 46.7 Å². The molecule has 2 atom stereocenters. The fraction of sp³-hybridized carbons (Fsp3) is 0.300. The summed E-state index contributed by atoms with van der Waals surface area (Å²) in [6.45, 7) is 0. The zero-order valence-corrected chi connectivity index (χ0v) is 17.1. The van der Waals surface area contributed by atoms with Gasteiger partial charge in [-0.3, -0.25) is 9.59 Å². The number of hydrogen-bond donors (Lipinski definition) is 0. The summed E-state index contributed by atoms with van der Waals surface area (Å²) < 4.78 is 0. The van der Waals surface area contributed by atoms with Gasteiger partial charge in [-0.25, -0.2) is 0 Å². The molecule has 0 radical (unpaired) electrons. The van der Waals surface area contributed by atoms with Crippen LogP contribution in [-0.4, -0.2) is 20.7 Å². The third-order valence-electron chi connectivity index (χ3n) is 4.28. The standard InChI is InChI=1S/C20H18Cl2O2S2/c21-15-7-3-5-13(11-15)19(23)25-17-9-1-2-10-18(17)26-20(24)14-6-4-8-16(22)12-14/h3-8,11-12,17-18H,1-2,9-10H2. The van der Waals surface area contributed by atoms with Gasteiger partial charge in [-0.1, -0.05) is 83.8 Å². The summed E-state index contributed by atoms with van der Waals surface area (Å²) in [5.41, 5.74) is 1.22. The van der Waals surface area contributed by atoms with Crippen LogP contribution in [-0.2, 0) is 0 Å². The first-order valence-electron chi connectivity index (χ1n) is 8.46. The Labute approximate surface area is 172 Å². The van der Waals surface area contributed by atoms with Gasteiger partial charge < -0.3 is 0 Å². The minimum atomic E-state index is 0.0141. The summed E-state index contributed by atoms with van der Waals surface area (Å²) in [6, 6.07) is 14.0. The quantitative estimate of drug-likeness (QED) is 0.543. The second kappa shape index (κ2) is 9.32. The van der Waals surface area contributed by atoms with Gasteiger partial charge >= 0.3 is 0 Å². The van der Waals surface area contributed by atoms with Crippen molar-refractivity contribution in [3.05, 3.63) is 69.7 Å². The first kappa shape index (κ1) is 19.8. The van der Waals surface area contributed by atoms with E-state index in [2.05, 4.69) is 0 Å². The third kappa shape index (κ3) is 5.29. The molecule has 2 nitrogen and oxygen atoms in total. The minimum absolute atomic E-state index is 0.0141. The van der Waals surface area contributed by atoms with E-state index in [-0.39, 0.29) is 20.7 Å². The predicted molar refractivity (Wildman–Crippen MR) is 113 cm³/mol. The largest absolute Gasteiger partial charge is 0.282 e. The molecule has 1 aliphatic carbocycles. The van der Waals surface area contributed by atoms with Gasteiger partial charge in [-0.2, -0.15) is 0 Å². The lowest BCUT2D eigenvalue weighted by Gasteiger charge is -2.29. The highest BCUT2D eigenvalue weighted by molar-refractivity contribution is 8.18. The zero-order chi connectivity index (χ0) is 18.5. The molecule has 136 valence electrons. The van der Waals surface area contributed by atoms with Crippen molar-refractivity contribution in [1.29, 1.82) is 0 Å². The van der Waals surface area contributed by atoms with E-state index in [0.29, 0.717) is 21.2 Å². The van der Waals surface area contributed by atoms with Crippen molar-refractivity contribution < 1.29 is 9.59 Å². The molecular formula is C20H18Cl2O2S2. The number of carbonyl (C=O) groups excluding carboxylic acids is 2. The smallest absolute Gasteiger partial charge is 0.219 e. The number of hydrogen-bond acceptors (Lipinski definition) is 4. The average Bonchev–Trinajstić information content (AvgIpc) is 2.63. The van der Waals surface area contributed by atoms with Crippen LogP contribution in [0.4, 0.5) is 0 Å². The normalized spacial score (nSPS) is 19.9. The highest BCUT2D eigenvalue weighted by Crippen LogP contribution is 2.39. The van der Waals surface area contributed by atoms with Crippen LogP contribution < -0.4 is 0 Å². The number of halogens is 2. The van der Waals surface area contributed by atoms with Crippen molar-refractivity contribution in [1.82, 2.24) is 0 Å². The summed E-state index contributed by atoms with van der Waals surface area (Å²) in [6.07, 6.45) is 4.06. The summed E-state index contributed by atoms with van der Waals surface area (Å²) in [4.78, 5) is 25.2. The number of rotatable bonds is 4. The van der Waals surface area contributed by atoms with Crippen molar-refractivity contribution in [2.24, 2.45) is 0 Å². The van der Waals surface area contributed by atoms with Gasteiger partial charge in [-0.15, -0.1) is 0 Å². The molecule has 0 N–H and O–H groups in total. The highest BCUT2D eigenvalue weighted by atomic mass is 35.5. The first-order chi connectivity index (χ1) is 12.5. The lowest BCUT2D eigenvalue weighted by atomic mass is 10.00. The van der Waals surface area contributed by atoms with E-state index in [4.69, 9.17) is 23.2 Å². The maximum atomic E-state index is 12.6. The molecule has 3 rings (SSSR count). The van der Waals surface area contributed by atoms with Crippen molar-refractivity contribution in [2.45, 2.75) is 36.2 Å². The molecular weight excluding hydrogens is 407 g/mol. The SMILES string of the molecule is O=C(SC1CCCCC1SC(=O)c1cccc(Cl)c1)c1cccc(Cl)c1. The van der Waals surface area contributed by atoms with Gasteiger partial charge in [0.15, 0.2) is 0 Å². The Bertz CT molecular complexity index is 742. The van der Waals surface area contributed by atoms with Crippen LogP contribution in [0.1, 0.15) is 46.4 Å². The minimum Gasteiger partial charge on any atom is -0.282 e. The zero-order valence-electron chi connectivity index (χ0n) is 14.0. The molecule has 1 fully saturated rings. The summed E-state index contributed by atoms with van der Waals surface area (Å²) in [5.74, 6) is 0. The molecule has 2 aromatic carbocycles. The maximum absolute atomic E-state index is 12.6. The third-order valence-corrected chi connectivity index (χ3v) is 7.56. The molecule has 6 heteroatoms. The molecule has 1 aliphatic rings. The Morgan fingerprint density at radius 3 is 1.58 bits per heavy atom. The van der Waals surface area contributed by atoms with E-state index in [1.54, 1.807) is 48.5 Å². The fourth-order valence-electron chi connectivity index (χ4n) is 2.97. The van der Waals surface area contributed by atoms with Crippen LogP contribution in [0, 0.1) is 0 Å². The Hall–Kier alpha value is -0.940. The fourth-order valence-corrected chi connectivity index (χ4v) is 5.91. The lowest BCUT2D eigenvalue weighted by Crippen LogP contribution is -2.27. The Balaban J connectivity index is 1.67. The predicted octanol–water partition coefficient (Wildman–Crippen LogP) is 6.75. The molecule has 0 bridgehead atoms. The van der Waals surface area contributed by atoms with Crippen molar-refractivity contribution >= 4 is 57.0 Å². The van der Waals surface area contributed by atoms with Crippen LogP contribution in [0.25, 0.3) is 0 Å². The molecule has 0 saturated heterocycles. The second-order valence-corrected chi connectivity index (χ2v) is 9.49. The Morgan fingerprint density at radius 1 is 0.769 bits per heavy atom. The summed E-state index contributed by atoms with van der Waals surface area (Å²) in [7, 11) is 0. The van der Waals surface area contributed by atoms with E-state index in [1.165, 1.54) is 23.5 Å². The van der Waals surface area contributed by atoms with Gasteiger partial charge in [-0.05, 0) is 37.1 Å². The van der Waals surface area contributed by atoms with Gasteiger partial charge in [0, 0.05) is 31.7 Å². The van der Waals surface area contributed by atoms with Crippen LogP contribution in [0.5, 0.6) is 0 Å². The van der Waals surface area contributed by atoms with Crippen molar-refractivity contribution in [2.75, 3.05) is 0 Å². The van der Waals surface area contributed by atoms with Crippen molar-refractivity contribution in [3.8, 4) is 0 Å². The molecule has 0 amide bonds. The topological polar surface area (TPSA) is 34.1 Å². The van der Waals surface area contributed by atoms with Crippen LogP contribution in [0.3, 0.4) is 0 Å². The Morgan fingerprint density at radius 2 is 1.19 bits per heavy atom. The molecule has 0 aromatic heterocycles. The molecule has 0 aliphatic heterocycles. The van der Waals surface area contributed by atoms with Gasteiger partial charge in [0.1, 0.15) is 0 Å². The van der Waals surface area contributed by atoms with E-state index in [9.17, 15) is 9.59 Å². The van der Waals surface area contributed by atoms with E-state index >= 15 is 0 Å². The van der Waals surface area contributed by atoms with Crippen LogP contribution in [0.2, 0.25) is 10.0 Å². The van der Waals surface area contributed by atoms with Crippen molar-refractivity contribution in [3.63, 3.8) is 0 Å². The first-order valence-corrected chi connectivity index (χ1v) is 11.0. The van der Waals surface area contributed by atoms with Gasteiger partial charge in [0.05, 0.1) is 0 Å². The molecule has 1 saturated carbocycles. The molecule has 0 spiro atoms.